The van der Waals surface area contributed by atoms with Gasteiger partial charge in [-0.15, -0.1) is 0 Å². The number of amides is 1. The number of benzene rings is 1. The molecule has 4 rings (SSSR count). The molecule has 0 aliphatic carbocycles. The number of fused-ring (bicyclic) bond motifs is 1. The summed E-state index contributed by atoms with van der Waals surface area (Å²) in [5.74, 6) is 1.36. The van der Waals surface area contributed by atoms with Gasteiger partial charge < -0.3 is 19.9 Å². The Balaban J connectivity index is 1.46. The molecule has 2 aromatic heterocycles. The first-order valence-corrected chi connectivity index (χ1v) is 9.30. The zero-order valence-corrected chi connectivity index (χ0v) is 15.9. The largest absolute Gasteiger partial charge is 0.497 e. The highest BCUT2D eigenvalue weighted by molar-refractivity contribution is 5.98. The van der Waals surface area contributed by atoms with Crippen LogP contribution < -0.4 is 20.5 Å². The highest BCUT2D eigenvalue weighted by atomic mass is 16.5. The van der Waals surface area contributed by atoms with E-state index < -0.39 is 0 Å². The maximum Gasteiger partial charge on any atom is 0.268 e. The first-order valence-electron chi connectivity index (χ1n) is 9.30. The number of aromatic nitrogens is 3. The highest BCUT2D eigenvalue weighted by Gasteiger charge is 2.23. The van der Waals surface area contributed by atoms with Gasteiger partial charge in [0.25, 0.3) is 11.5 Å². The molecule has 1 aliphatic heterocycles. The minimum atomic E-state index is -0.138. The number of piperidine rings is 1. The van der Waals surface area contributed by atoms with Gasteiger partial charge in [-0.2, -0.15) is 5.10 Å². The summed E-state index contributed by atoms with van der Waals surface area (Å²) in [4.78, 5) is 29.5. The van der Waals surface area contributed by atoms with Crippen LogP contribution in [0.1, 0.15) is 23.3 Å². The Kier molecular flexibility index (Phi) is 4.77. The molecule has 1 unspecified atom stereocenters. The van der Waals surface area contributed by atoms with Crippen LogP contribution in [-0.4, -0.2) is 46.9 Å². The number of carbonyl (C=O) groups is 1. The number of hydrogen-bond acceptors (Lipinski definition) is 5. The molecule has 2 N–H and O–H groups in total. The maximum absolute atomic E-state index is 12.7. The lowest BCUT2D eigenvalue weighted by atomic mass is 10.1. The number of ether oxygens (including phenoxy) is 1. The number of aromatic amines is 1. The average molecular weight is 381 g/mol. The molecule has 1 atom stereocenters. The normalized spacial score (nSPS) is 16.9. The standard InChI is InChI=1S/C20H23N5O3/c1-24-19(26)8-7-18(23-24)25-9-3-4-14(12-25)21-20(27)17-10-13-5-6-15(28-2)11-16(13)22-17/h5-8,10-11,14,22H,3-4,9,12H2,1-2H3,(H,21,27). The Labute approximate surface area is 162 Å². The Bertz CT molecular complexity index is 1070. The summed E-state index contributed by atoms with van der Waals surface area (Å²) >= 11 is 0. The molecular weight excluding hydrogens is 358 g/mol. The maximum atomic E-state index is 12.7. The molecular formula is C20H23N5O3. The van der Waals surface area contributed by atoms with Gasteiger partial charge in [0.1, 0.15) is 17.3 Å². The fourth-order valence-corrected chi connectivity index (χ4v) is 3.58. The van der Waals surface area contributed by atoms with Gasteiger partial charge in [0, 0.05) is 49.2 Å². The second kappa shape index (κ2) is 7.38. The number of nitrogens with one attached hydrogen (secondary N) is 2. The fourth-order valence-electron chi connectivity index (χ4n) is 3.58. The van der Waals surface area contributed by atoms with Crippen LogP contribution >= 0.6 is 0 Å². The molecule has 1 amide bonds. The van der Waals surface area contributed by atoms with Crippen molar-refractivity contribution in [1.82, 2.24) is 20.1 Å². The van der Waals surface area contributed by atoms with E-state index in [2.05, 4.69) is 20.3 Å². The summed E-state index contributed by atoms with van der Waals surface area (Å²) in [5.41, 5.74) is 1.26. The first kappa shape index (κ1) is 18.1. The molecule has 1 fully saturated rings. The van der Waals surface area contributed by atoms with Crippen molar-refractivity contribution in [3.63, 3.8) is 0 Å². The van der Waals surface area contributed by atoms with Gasteiger partial charge in [-0.1, -0.05) is 0 Å². The van der Waals surface area contributed by atoms with E-state index in [1.165, 1.54) is 10.7 Å². The van der Waals surface area contributed by atoms with E-state index in [9.17, 15) is 9.59 Å². The second-order valence-electron chi connectivity index (χ2n) is 7.05. The van der Waals surface area contributed by atoms with Crippen molar-refractivity contribution in [2.45, 2.75) is 18.9 Å². The zero-order chi connectivity index (χ0) is 19.7. The molecule has 8 nitrogen and oxygen atoms in total. The van der Waals surface area contributed by atoms with E-state index >= 15 is 0 Å². The molecule has 146 valence electrons. The molecule has 3 heterocycles. The Morgan fingerprint density at radius 3 is 2.93 bits per heavy atom. The van der Waals surface area contributed by atoms with Gasteiger partial charge >= 0.3 is 0 Å². The minimum Gasteiger partial charge on any atom is -0.497 e. The van der Waals surface area contributed by atoms with Gasteiger partial charge in [0.05, 0.1) is 7.11 Å². The SMILES string of the molecule is COc1ccc2cc(C(=O)NC3CCCN(c4ccc(=O)n(C)n4)C3)[nH]c2c1. The minimum absolute atomic E-state index is 0.0150. The summed E-state index contributed by atoms with van der Waals surface area (Å²) in [5, 5.41) is 8.39. The topological polar surface area (TPSA) is 92.2 Å². The van der Waals surface area contributed by atoms with E-state index in [0.29, 0.717) is 12.2 Å². The van der Waals surface area contributed by atoms with Crippen molar-refractivity contribution in [3.05, 3.63) is 52.4 Å². The summed E-state index contributed by atoms with van der Waals surface area (Å²) in [6.45, 7) is 1.51. The van der Waals surface area contributed by atoms with E-state index in [0.717, 1.165) is 41.9 Å². The quantitative estimate of drug-likeness (QED) is 0.717. The molecule has 3 aromatic rings. The summed E-state index contributed by atoms with van der Waals surface area (Å²) in [6, 6.07) is 10.8. The molecule has 0 radical (unpaired) electrons. The molecule has 1 saturated heterocycles. The van der Waals surface area contributed by atoms with Crippen LogP contribution in [0.2, 0.25) is 0 Å². The number of methoxy groups -OCH3 is 1. The van der Waals surface area contributed by atoms with Crippen LogP contribution in [0, 0.1) is 0 Å². The third-order valence-corrected chi connectivity index (χ3v) is 5.10. The third kappa shape index (κ3) is 3.58. The molecule has 1 aliphatic rings. The lowest BCUT2D eigenvalue weighted by molar-refractivity contribution is 0.0929. The van der Waals surface area contributed by atoms with Gasteiger partial charge in [0.2, 0.25) is 0 Å². The molecule has 0 saturated carbocycles. The van der Waals surface area contributed by atoms with E-state index in [-0.39, 0.29) is 17.5 Å². The van der Waals surface area contributed by atoms with Crippen molar-refractivity contribution in [2.24, 2.45) is 7.05 Å². The van der Waals surface area contributed by atoms with Crippen LogP contribution in [0.15, 0.2) is 41.2 Å². The number of anilines is 1. The second-order valence-corrected chi connectivity index (χ2v) is 7.05. The summed E-state index contributed by atoms with van der Waals surface area (Å²) in [6.07, 6.45) is 1.85. The Morgan fingerprint density at radius 2 is 2.14 bits per heavy atom. The van der Waals surface area contributed by atoms with E-state index in [1.54, 1.807) is 20.2 Å². The zero-order valence-electron chi connectivity index (χ0n) is 15.9. The predicted octanol–water partition coefficient (Wildman–Crippen LogP) is 1.67. The Hall–Kier alpha value is -3.29. The van der Waals surface area contributed by atoms with Crippen molar-refractivity contribution < 1.29 is 9.53 Å². The number of aryl methyl sites for hydroxylation is 1. The fraction of sp³-hybridized carbons (Fsp3) is 0.350. The van der Waals surface area contributed by atoms with Crippen LogP contribution in [0.4, 0.5) is 5.82 Å². The lowest BCUT2D eigenvalue weighted by Gasteiger charge is -2.33. The highest BCUT2D eigenvalue weighted by Crippen LogP contribution is 2.22. The van der Waals surface area contributed by atoms with Gasteiger partial charge in [-0.3, -0.25) is 9.59 Å². The predicted molar refractivity (Wildman–Crippen MR) is 107 cm³/mol. The van der Waals surface area contributed by atoms with Crippen LogP contribution in [0.25, 0.3) is 10.9 Å². The van der Waals surface area contributed by atoms with E-state index in [1.807, 2.05) is 24.3 Å². The summed E-state index contributed by atoms with van der Waals surface area (Å²) < 4.78 is 6.56. The van der Waals surface area contributed by atoms with Crippen molar-refractivity contribution >= 4 is 22.6 Å². The molecule has 28 heavy (non-hydrogen) atoms. The first-order chi connectivity index (χ1) is 13.5. The van der Waals surface area contributed by atoms with E-state index in [4.69, 9.17) is 4.74 Å². The lowest BCUT2D eigenvalue weighted by Crippen LogP contribution is -2.48. The average Bonchev–Trinajstić information content (AvgIpc) is 3.13. The van der Waals surface area contributed by atoms with Gasteiger partial charge in [0.15, 0.2) is 0 Å². The van der Waals surface area contributed by atoms with Crippen LogP contribution in [0.3, 0.4) is 0 Å². The number of H-pyrrole nitrogens is 1. The Morgan fingerprint density at radius 1 is 1.29 bits per heavy atom. The van der Waals surface area contributed by atoms with Gasteiger partial charge in [-0.05, 0) is 37.1 Å². The number of nitrogens with zero attached hydrogens (tertiary/aromatic N) is 3. The molecule has 0 bridgehead atoms. The van der Waals surface area contributed by atoms with Crippen molar-refractivity contribution in [3.8, 4) is 5.75 Å². The van der Waals surface area contributed by atoms with Crippen molar-refractivity contribution in [1.29, 1.82) is 0 Å². The molecule has 0 spiro atoms. The number of carbonyl (C=O) groups excluding carboxylic acids is 1. The molecule has 8 heteroatoms. The van der Waals surface area contributed by atoms with Crippen LogP contribution in [0.5, 0.6) is 5.75 Å². The monoisotopic (exact) mass is 381 g/mol. The third-order valence-electron chi connectivity index (χ3n) is 5.10. The number of rotatable bonds is 4. The molecule has 1 aromatic carbocycles. The van der Waals surface area contributed by atoms with Gasteiger partial charge in [-0.25, -0.2) is 4.68 Å². The summed E-state index contributed by atoms with van der Waals surface area (Å²) in [7, 11) is 3.26. The number of hydrogen-bond donors (Lipinski definition) is 2. The smallest absolute Gasteiger partial charge is 0.268 e. The van der Waals surface area contributed by atoms with Crippen LogP contribution in [-0.2, 0) is 7.05 Å². The van der Waals surface area contributed by atoms with Crippen molar-refractivity contribution in [2.75, 3.05) is 25.1 Å².